The monoisotopic (exact) mass is 367 g/mol. The van der Waals surface area contributed by atoms with Crippen LogP contribution in [0.15, 0.2) is 54.7 Å². The van der Waals surface area contributed by atoms with Crippen LogP contribution in [0.2, 0.25) is 0 Å². The first-order valence-corrected chi connectivity index (χ1v) is 8.74. The van der Waals surface area contributed by atoms with Crippen LogP contribution in [0, 0.1) is 0 Å². The number of H-pyrrole nitrogens is 1. The molecule has 6 heteroatoms. The zero-order valence-electron chi connectivity index (χ0n) is 15.2. The summed E-state index contributed by atoms with van der Waals surface area (Å²) in [7, 11) is 0. The number of ether oxygens (including phenoxy) is 3. The molecule has 0 amide bonds. The molecule has 27 heavy (non-hydrogen) atoms. The van der Waals surface area contributed by atoms with Crippen molar-refractivity contribution in [1.82, 2.24) is 4.98 Å². The van der Waals surface area contributed by atoms with Crippen molar-refractivity contribution in [2.45, 2.75) is 26.6 Å². The molecule has 3 rings (SSSR count). The lowest BCUT2D eigenvalue weighted by Gasteiger charge is -2.15. The van der Waals surface area contributed by atoms with E-state index in [2.05, 4.69) is 4.98 Å². The number of aromatic nitrogens is 1. The molecule has 1 heterocycles. The van der Waals surface area contributed by atoms with Gasteiger partial charge in [0, 0.05) is 22.7 Å². The predicted molar refractivity (Wildman–Crippen MR) is 101 cm³/mol. The van der Waals surface area contributed by atoms with Crippen molar-refractivity contribution in [1.29, 1.82) is 0 Å². The summed E-state index contributed by atoms with van der Waals surface area (Å²) < 4.78 is 16.0. The first kappa shape index (κ1) is 18.5. The maximum atomic E-state index is 12.3. The normalized spacial score (nSPS) is 11.8. The van der Waals surface area contributed by atoms with Crippen LogP contribution in [0.1, 0.15) is 29.8 Å². The average Bonchev–Trinajstić information content (AvgIpc) is 3.14. The van der Waals surface area contributed by atoms with Crippen molar-refractivity contribution in [3.63, 3.8) is 0 Å². The molecular formula is C21H21NO5. The molecule has 1 aromatic heterocycles. The number of esters is 2. The van der Waals surface area contributed by atoms with Crippen molar-refractivity contribution in [2.75, 3.05) is 6.61 Å². The van der Waals surface area contributed by atoms with Crippen LogP contribution in [0.25, 0.3) is 10.9 Å². The van der Waals surface area contributed by atoms with Gasteiger partial charge in [0.15, 0.2) is 6.10 Å². The second kappa shape index (κ2) is 8.40. The van der Waals surface area contributed by atoms with Gasteiger partial charge in [0.1, 0.15) is 12.4 Å². The van der Waals surface area contributed by atoms with Crippen LogP contribution in [-0.2, 0) is 20.9 Å². The number of aromatic amines is 1. The third-order valence-corrected chi connectivity index (χ3v) is 4.05. The van der Waals surface area contributed by atoms with Gasteiger partial charge in [-0.1, -0.05) is 18.2 Å². The first-order chi connectivity index (χ1) is 13.1. The van der Waals surface area contributed by atoms with Gasteiger partial charge in [-0.15, -0.1) is 0 Å². The molecule has 0 saturated carbocycles. The van der Waals surface area contributed by atoms with Crippen LogP contribution in [0.5, 0.6) is 5.75 Å². The molecular weight excluding hydrogens is 346 g/mol. The van der Waals surface area contributed by atoms with Gasteiger partial charge >= 0.3 is 11.9 Å². The largest absolute Gasteiger partial charge is 0.479 e. The molecule has 140 valence electrons. The number of hydrogen-bond donors (Lipinski definition) is 1. The molecule has 0 aliphatic carbocycles. The van der Waals surface area contributed by atoms with Crippen LogP contribution >= 0.6 is 0 Å². The minimum atomic E-state index is -0.781. The van der Waals surface area contributed by atoms with E-state index in [-0.39, 0.29) is 13.2 Å². The van der Waals surface area contributed by atoms with Crippen LogP contribution < -0.4 is 4.74 Å². The molecule has 2 aromatic carbocycles. The van der Waals surface area contributed by atoms with E-state index in [1.54, 1.807) is 44.2 Å². The second-order valence-corrected chi connectivity index (χ2v) is 5.97. The molecule has 6 nitrogen and oxygen atoms in total. The van der Waals surface area contributed by atoms with Gasteiger partial charge in [-0.25, -0.2) is 9.59 Å². The zero-order chi connectivity index (χ0) is 19.2. The van der Waals surface area contributed by atoms with E-state index in [9.17, 15) is 9.59 Å². The van der Waals surface area contributed by atoms with E-state index in [0.717, 1.165) is 10.9 Å². The highest BCUT2D eigenvalue weighted by atomic mass is 16.6. The average molecular weight is 367 g/mol. The van der Waals surface area contributed by atoms with E-state index in [1.807, 2.05) is 24.4 Å². The van der Waals surface area contributed by atoms with Crippen molar-refractivity contribution < 1.29 is 23.8 Å². The summed E-state index contributed by atoms with van der Waals surface area (Å²) in [6.45, 7) is 3.62. The zero-order valence-corrected chi connectivity index (χ0v) is 15.2. The maximum absolute atomic E-state index is 12.3. The van der Waals surface area contributed by atoms with Crippen LogP contribution in [0.3, 0.4) is 0 Å². The molecule has 0 fully saturated rings. The Balaban J connectivity index is 1.61. The number of benzene rings is 2. The number of carbonyl (C=O) groups excluding carboxylic acids is 2. The summed E-state index contributed by atoms with van der Waals surface area (Å²) in [6.07, 6.45) is 1.06. The van der Waals surface area contributed by atoms with Gasteiger partial charge in [-0.3, -0.25) is 0 Å². The Bertz CT molecular complexity index is 946. The van der Waals surface area contributed by atoms with E-state index in [4.69, 9.17) is 14.2 Å². The predicted octanol–water partition coefficient (Wildman–Crippen LogP) is 3.86. The summed E-state index contributed by atoms with van der Waals surface area (Å²) in [5.74, 6) is -0.366. The lowest BCUT2D eigenvalue weighted by atomic mass is 10.1. The highest BCUT2D eigenvalue weighted by Gasteiger charge is 2.19. The summed E-state index contributed by atoms with van der Waals surface area (Å²) >= 11 is 0. The first-order valence-electron chi connectivity index (χ1n) is 8.74. The molecule has 0 radical (unpaired) electrons. The number of rotatable bonds is 7. The smallest absolute Gasteiger partial charge is 0.347 e. The minimum absolute atomic E-state index is 0.0294. The minimum Gasteiger partial charge on any atom is -0.479 e. The lowest BCUT2D eigenvalue weighted by Crippen LogP contribution is -2.26. The highest BCUT2D eigenvalue weighted by Crippen LogP contribution is 2.21. The Kier molecular flexibility index (Phi) is 5.76. The molecule has 1 unspecified atom stereocenters. The fourth-order valence-electron chi connectivity index (χ4n) is 2.68. The van der Waals surface area contributed by atoms with Crippen molar-refractivity contribution in [3.8, 4) is 5.75 Å². The fourth-order valence-corrected chi connectivity index (χ4v) is 2.68. The molecule has 1 atom stereocenters. The molecule has 3 aromatic rings. The molecule has 0 aliphatic rings. The second-order valence-electron chi connectivity index (χ2n) is 5.97. The maximum Gasteiger partial charge on any atom is 0.347 e. The lowest BCUT2D eigenvalue weighted by molar-refractivity contribution is -0.152. The Morgan fingerprint density at radius 3 is 2.70 bits per heavy atom. The third-order valence-electron chi connectivity index (χ3n) is 4.05. The quantitative estimate of drug-likeness (QED) is 0.642. The standard InChI is InChI=1S/C21H21NO5/c1-3-25-21(24)18-7-5-4-6-16(18)13-26-20(23)14(2)27-17-8-9-19-15(12-17)10-11-22-19/h4-12,14,22H,3,13H2,1-2H3. The molecule has 1 N–H and O–H groups in total. The SMILES string of the molecule is CCOC(=O)c1ccccc1COC(=O)C(C)Oc1ccc2[nH]ccc2c1. The van der Waals surface area contributed by atoms with Crippen molar-refractivity contribution >= 4 is 22.8 Å². The highest BCUT2D eigenvalue weighted by molar-refractivity contribution is 5.91. The van der Waals surface area contributed by atoms with Crippen molar-refractivity contribution in [2.24, 2.45) is 0 Å². The van der Waals surface area contributed by atoms with E-state index < -0.39 is 18.0 Å². The van der Waals surface area contributed by atoms with E-state index in [1.165, 1.54) is 0 Å². The Hall–Kier alpha value is -3.28. The van der Waals surface area contributed by atoms with Gasteiger partial charge in [-0.05, 0) is 44.2 Å². The Morgan fingerprint density at radius 2 is 1.89 bits per heavy atom. The van der Waals surface area contributed by atoms with Gasteiger partial charge in [0.05, 0.1) is 12.2 Å². The van der Waals surface area contributed by atoms with E-state index >= 15 is 0 Å². The number of hydrogen-bond acceptors (Lipinski definition) is 5. The Morgan fingerprint density at radius 1 is 1.07 bits per heavy atom. The Labute approximate surface area is 157 Å². The summed E-state index contributed by atoms with van der Waals surface area (Å²) in [6, 6.07) is 14.3. The summed E-state index contributed by atoms with van der Waals surface area (Å²) in [4.78, 5) is 27.4. The van der Waals surface area contributed by atoms with Gasteiger partial charge < -0.3 is 19.2 Å². The third kappa shape index (κ3) is 4.47. The molecule has 0 bridgehead atoms. The molecule has 0 aliphatic heterocycles. The summed E-state index contributed by atoms with van der Waals surface area (Å²) in [5.41, 5.74) is 1.97. The van der Waals surface area contributed by atoms with Crippen molar-refractivity contribution in [3.05, 3.63) is 65.9 Å². The van der Waals surface area contributed by atoms with E-state index in [0.29, 0.717) is 16.9 Å². The van der Waals surface area contributed by atoms with Gasteiger partial charge in [-0.2, -0.15) is 0 Å². The molecule has 0 spiro atoms. The van der Waals surface area contributed by atoms with Gasteiger partial charge in [0.25, 0.3) is 0 Å². The number of carbonyl (C=O) groups is 2. The summed E-state index contributed by atoms with van der Waals surface area (Å²) in [5, 5.41) is 0.997. The number of fused-ring (bicyclic) bond motifs is 1. The number of nitrogens with one attached hydrogen (secondary N) is 1. The topological polar surface area (TPSA) is 77.6 Å². The van der Waals surface area contributed by atoms with Crippen LogP contribution in [-0.4, -0.2) is 29.6 Å². The van der Waals surface area contributed by atoms with Crippen LogP contribution in [0.4, 0.5) is 0 Å². The van der Waals surface area contributed by atoms with Gasteiger partial charge in [0.2, 0.25) is 0 Å². The fraction of sp³-hybridized carbons (Fsp3) is 0.238. The molecule has 0 saturated heterocycles.